The molecule has 0 saturated heterocycles. The Kier molecular flexibility index (Phi) is 9.57. The number of hydrogen-bond donors (Lipinski definition) is 1. The molecule has 1 aliphatic rings. The molecule has 1 aliphatic carbocycles. The maximum absolute atomic E-state index is 11.7. The average Bonchev–Trinajstić information content (AvgIpc) is 2.59. The zero-order valence-corrected chi connectivity index (χ0v) is 16.8. The van der Waals surface area contributed by atoms with Gasteiger partial charge in [-0.2, -0.15) is 0 Å². The molecule has 0 unspecified atom stereocenters. The first-order valence-corrected chi connectivity index (χ1v) is 9.51. The van der Waals surface area contributed by atoms with Crippen LogP contribution in [0, 0.1) is 17.8 Å². The van der Waals surface area contributed by atoms with Gasteiger partial charge in [-0.1, -0.05) is 36.3 Å². The highest BCUT2D eigenvalue weighted by molar-refractivity contribution is 5.74. The number of ether oxygens (including phenoxy) is 1. The van der Waals surface area contributed by atoms with Crippen LogP contribution >= 0.6 is 0 Å². The standard InChI is InChI=1S/C22H34O4/c1-15(2)8-6-10-17(4)22-20(14-26-18(5)24)19(13-23)11-7-9-16(3)12-21(22)25/h8-9,11,13,17,20-22,25H,6-7,10,12,14H2,1-5H3/b16-9-,19-11-/t17-,20-,21-,22+/m0/s1. The van der Waals surface area contributed by atoms with Crippen LogP contribution in [0.4, 0.5) is 0 Å². The van der Waals surface area contributed by atoms with Gasteiger partial charge in [-0.25, -0.2) is 0 Å². The number of allylic oxidation sites excluding steroid dienone is 4. The van der Waals surface area contributed by atoms with Crippen molar-refractivity contribution in [3.05, 3.63) is 34.9 Å². The molecule has 4 heteroatoms. The molecule has 0 heterocycles. The minimum absolute atomic E-state index is 0.133. The molecule has 0 amide bonds. The first kappa shape index (κ1) is 22.4. The van der Waals surface area contributed by atoms with E-state index in [-0.39, 0.29) is 30.3 Å². The van der Waals surface area contributed by atoms with Gasteiger partial charge in [-0.05, 0) is 63.9 Å². The van der Waals surface area contributed by atoms with Crippen molar-refractivity contribution in [2.45, 2.75) is 66.4 Å². The molecule has 0 aliphatic heterocycles. The van der Waals surface area contributed by atoms with Gasteiger partial charge in [-0.15, -0.1) is 0 Å². The number of aliphatic hydroxyl groups is 1. The Morgan fingerprint density at radius 1 is 1.35 bits per heavy atom. The number of carbonyl (C=O) groups is 2. The average molecular weight is 363 g/mol. The van der Waals surface area contributed by atoms with Crippen molar-refractivity contribution >= 4 is 12.3 Å². The minimum atomic E-state index is -0.574. The molecule has 0 bridgehead atoms. The van der Waals surface area contributed by atoms with E-state index < -0.39 is 6.10 Å². The SMILES string of the molecule is CC(=O)OC[C@H]1/C(C=O)=C\C/C=C(/C)C[C@H](O)[C@@H]1[C@@H](C)CCC=C(C)C. The third-order valence-electron chi connectivity index (χ3n) is 5.12. The lowest BCUT2D eigenvalue weighted by Gasteiger charge is -2.35. The van der Waals surface area contributed by atoms with Gasteiger partial charge in [-0.3, -0.25) is 9.59 Å². The van der Waals surface area contributed by atoms with Crippen LogP contribution in [0.1, 0.15) is 60.3 Å². The lowest BCUT2D eigenvalue weighted by Crippen LogP contribution is -2.37. The molecule has 146 valence electrons. The molecule has 0 aromatic rings. The summed E-state index contributed by atoms with van der Waals surface area (Å²) in [6.45, 7) is 9.78. The van der Waals surface area contributed by atoms with E-state index in [0.717, 1.165) is 24.7 Å². The van der Waals surface area contributed by atoms with Crippen molar-refractivity contribution in [2.75, 3.05) is 6.61 Å². The molecule has 4 atom stereocenters. The Morgan fingerprint density at radius 2 is 2.04 bits per heavy atom. The zero-order chi connectivity index (χ0) is 19.7. The van der Waals surface area contributed by atoms with Gasteiger partial charge in [0.1, 0.15) is 6.29 Å². The summed E-state index contributed by atoms with van der Waals surface area (Å²) in [6.07, 6.45) is 9.50. The number of hydrogen-bond acceptors (Lipinski definition) is 4. The summed E-state index contributed by atoms with van der Waals surface area (Å²) < 4.78 is 5.27. The van der Waals surface area contributed by atoms with Gasteiger partial charge in [0.15, 0.2) is 0 Å². The first-order valence-electron chi connectivity index (χ1n) is 9.51. The maximum Gasteiger partial charge on any atom is 0.302 e. The van der Waals surface area contributed by atoms with Crippen LogP contribution in [0.25, 0.3) is 0 Å². The van der Waals surface area contributed by atoms with E-state index in [1.165, 1.54) is 12.5 Å². The molecule has 0 fully saturated rings. The molecular formula is C22H34O4. The maximum atomic E-state index is 11.7. The fourth-order valence-electron chi connectivity index (χ4n) is 3.74. The van der Waals surface area contributed by atoms with Crippen molar-refractivity contribution in [3.8, 4) is 0 Å². The number of carbonyl (C=O) groups excluding carboxylic acids is 2. The third kappa shape index (κ3) is 7.28. The summed E-state index contributed by atoms with van der Waals surface area (Å²) in [5, 5.41) is 11.0. The topological polar surface area (TPSA) is 63.6 Å². The Bertz CT molecular complexity index is 567. The Morgan fingerprint density at radius 3 is 2.62 bits per heavy atom. The second-order valence-corrected chi connectivity index (χ2v) is 7.70. The quantitative estimate of drug-likeness (QED) is 0.414. The van der Waals surface area contributed by atoms with E-state index >= 15 is 0 Å². The lowest BCUT2D eigenvalue weighted by atomic mass is 9.73. The van der Waals surface area contributed by atoms with Gasteiger partial charge >= 0.3 is 5.97 Å². The van der Waals surface area contributed by atoms with Crippen molar-refractivity contribution in [1.82, 2.24) is 0 Å². The van der Waals surface area contributed by atoms with Crippen LogP contribution in [-0.4, -0.2) is 30.1 Å². The van der Waals surface area contributed by atoms with E-state index in [1.54, 1.807) is 0 Å². The van der Waals surface area contributed by atoms with E-state index in [2.05, 4.69) is 26.8 Å². The fourth-order valence-corrected chi connectivity index (χ4v) is 3.74. The van der Waals surface area contributed by atoms with Crippen molar-refractivity contribution < 1.29 is 19.4 Å². The fraction of sp³-hybridized carbons (Fsp3) is 0.636. The molecular weight excluding hydrogens is 328 g/mol. The predicted octanol–water partition coefficient (Wildman–Crippen LogP) is 4.39. The van der Waals surface area contributed by atoms with Crippen LogP contribution in [0.5, 0.6) is 0 Å². The van der Waals surface area contributed by atoms with Crippen LogP contribution in [0.2, 0.25) is 0 Å². The van der Waals surface area contributed by atoms with Crippen LogP contribution in [0.15, 0.2) is 34.9 Å². The van der Waals surface area contributed by atoms with E-state index in [0.29, 0.717) is 18.4 Å². The highest BCUT2D eigenvalue weighted by atomic mass is 16.5. The van der Waals surface area contributed by atoms with Gasteiger partial charge in [0.05, 0.1) is 12.7 Å². The molecule has 26 heavy (non-hydrogen) atoms. The lowest BCUT2D eigenvalue weighted by molar-refractivity contribution is -0.143. The molecule has 0 spiro atoms. The first-order chi connectivity index (χ1) is 12.3. The molecule has 0 aromatic heterocycles. The van der Waals surface area contributed by atoms with E-state index in [1.807, 2.05) is 19.1 Å². The van der Waals surface area contributed by atoms with Gasteiger partial charge in [0, 0.05) is 12.8 Å². The Labute approximate surface area is 158 Å². The smallest absolute Gasteiger partial charge is 0.302 e. The summed E-state index contributed by atoms with van der Waals surface area (Å²) in [7, 11) is 0. The normalized spacial score (nSPS) is 28.9. The molecule has 1 N–H and O–H groups in total. The van der Waals surface area contributed by atoms with Crippen LogP contribution < -0.4 is 0 Å². The molecule has 0 aromatic carbocycles. The van der Waals surface area contributed by atoms with Crippen LogP contribution in [-0.2, 0) is 14.3 Å². The summed E-state index contributed by atoms with van der Waals surface area (Å²) in [5.74, 6) is -0.601. The van der Waals surface area contributed by atoms with Crippen LogP contribution in [0.3, 0.4) is 0 Å². The van der Waals surface area contributed by atoms with Gasteiger partial charge in [0.25, 0.3) is 0 Å². The number of aliphatic hydroxyl groups excluding tert-OH is 1. The summed E-state index contributed by atoms with van der Waals surface area (Å²) >= 11 is 0. The Balaban J connectivity index is 3.16. The van der Waals surface area contributed by atoms with Crippen molar-refractivity contribution in [3.63, 3.8) is 0 Å². The summed E-state index contributed by atoms with van der Waals surface area (Å²) in [4.78, 5) is 23.1. The highest BCUT2D eigenvalue weighted by Gasteiger charge is 2.36. The molecule has 1 rings (SSSR count). The largest absolute Gasteiger partial charge is 0.465 e. The van der Waals surface area contributed by atoms with Crippen molar-refractivity contribution in [2.24, 2.45) is 17.8 Å². The molecule has 0 saturated carbocycles. The number of rotatable bonds is 7. The predicted molar refractivity (Wildman–Crippen MR) is 105 cm³/mol. The Hall–Kier alpha value is -1.68. The zero-order valence-electron chi connectivity index (χ0n) is 16.8. The molecule has 4 nitrogen and oxygen atoms in total. The molecule has 0 radical (unpaired) electrons. The second kappa shape index (κ2) is 11.1. The minimum Gasteiger partial charge on any atom is -0.465 e. The van der Waals surface area contributed by atoms with Gasteiger partial charge < -0.3 is 9.84 Å². The van der Waals surface area contributed by atoms with Gasteiger partial charge in [0.2, 0.25) is 0 Å². The number of esters is 1. The highest BCUT2D eigenvalue weighted by Crippen LogP contribution is 2.36. The monoisotopic (exact) mass is 362 g/mol. The van der Waals surface area contributed by atoms with Crippen molar-refractivity contribution in [1.29, 1.82) is 0 Å². The van der Waals surface area contributed by atoms with E-state index in [4.69, 9.17) is 4.74 Å². The number of aldehydes is 1. The third-order valence-corrected chi connectivity index (χ3v) is 5.12. The summed E-state index contributed by atoms with van der Waals surface area (Å²) in [5.41, 5.74) is 3.01. The van der Waals surface area contributed by atoms with E-state index in [9.17, 15) is 14.7 Å². The second-order valence-electron chi connectivity index (χ2n) is 7.70. The summed E-state index contributed by atoms with van der Waals surface area (Å²) in [6, 6.07) is 0.